The molecule has 0 aromatic rings. The first kappa shape index (κ1) is 18.8. The van der Waals surface area contributed by atoms with E-state index in [1.54, 1.807) is 14.1 Å². The van der Waals surface area contributed by atoms with E-state index in [2.05, 4.69) is 21.2 Å². The number of hydrogen-bond donors (Lipinski definition) is 2. The minimum Gasteiger partial charge on any atom is -0.481 e. The Morgan fingerprint density at radius 3 is 2.25 bits per heavy atom. The molecule has 7 heteroatoms. The lowest BCUT2D eigenvalue weighted by Crippen LogP contribution is -2.42. The summed E-state index contributed by atoms with van der Waals surface area (Å²) in [6.45, 7) is 7.28. The summed E-state index contributed by atoms with van der Waals surface area (Å²) in [7, 11) is 4.78. The van der Waals surface area contributed by atoms with Gasteiger partial charge in [0.1, 0.15) is 10.1 Å². The van der Waals surface area contributed by atoms with Gasteiger partial charge in [-0.2, -0.15) is 0 Å². The van der Waals surface area contributed by atoms with Crippen molar-refractivity contribution in [2.75, 3.05) is 21.2 Å². The van der Waals surface area contributed by atoms with Crippen LogP contribution >= 0.6 is 15.9 Å². The monoisotopic (exact) mass is 349 g/mol. The molecule has 6 nitrogen and oxygen atoms in total. The van der Waals surface area contributed by atoms with Crippen LogP contribution in [0.4, 0.5) is 4.79 Å². The van der Waals surface area contributed by atoms with Crippen LogP contribution in [0.25, 0.3) is 0 Å². The third-order valence-electron chi connectivity index (χ3n) is 2.59. The maximum Gasteiger partial charge on any atom is 0.410 e. The summed E-state index contributed by atoms with van der Waals surface area (Å²) in [4.78, 5) is 13.5. The molecule has 0 rings (SSSR count). The van der Waals surface area contributed by atoms with Crippen molar-refractivity contribution < 1.29 is 14.3 Å². The highest BCUT2D eigenvalue weighted by molar-refractivity contribution is 9.12. The van der Waals surface area contributed by atoms with Crippen LogP contribution in [0.2, 0.25) is 0 Å². The number of carbonyl (C=O) groups is 1. The predicted molar refractivity (Wildman–Crippen MR) is 83.2 cm³/mol. The fraction of sp³-hybridized carbons (Fsp3) is 0.692. The van der Waals surface area contributed by atoms with Crippen LogP contribution < -0.4 is 5.32 Å². The normalized spacial score (nSPS) is 14.0. The Morgan fingerprint density at radius 2 is 1.90 bits per heavy atom. The molecule has 116 valence electrons. The Hall–Kier alpha value is -1.24. The molecule has 20 heavy (non-hydrogen) atoms. The molecule has 0 heterocycles. The molecule has 1 amide bonds. The maximum atomic E-state index is 12.0. The van der Waals surface area contributed by atoms with E-state index in [4.69, 9.17) is 14.9 Å². The van der Waals surface area contributed by atoms with Crippen LogP contribution in [0.1, 0.15) is 27.7 Å². The average Bonchev–Trinajstić information content (AvgIpc) is 2.35. The van der Waals surface area contributed by atoms with Crippen molar-refractivity contribution in [2.24, 2.45) is 0 Å². The highest BCUT2D eigenvalue weighted by atomic mass is 79.9. The topological polar surface area (TPSA) is 74.7 Å². The summed E-state index contributed by atoms with van der Waals surface area (Å²) in [5.41, 5.74) is 0.107. The minimum absolute atomic E-state index is 0.0150. The number of nitrogens with zero attached hydrogens (tertiary/aromatic N) is 1. The lowest BCUT2D eigenvalue weighted by molar-refractivity contribution is 0.0256. The number of hydrogen-bond acceptors (Lipinski definition) is 5. The number of ether oxygens (including phenoxy) is 2. The smallest absolute Gasteiger partial charge is 0.410 e. The van der Waals surface area contributed by atoms with Crippen LogP contribution in [-0.4, -0.2) is 49.7 Å². The van der Waals surface area contributed by atoms with Gasteiger partial charge in [-0.05, 0) is 43.6 Å². The number of nitrogens with one attached hydrogen (secondary N) is 2. The number of rotatable bonds is 4. The molecule has 0 saturated carbocycles. The molecule has 1 atom stereocenters. The zero-order valence-electron chi connectivity index (χ0n) is 13.1. The summed E-state index contributed by atoms with van der Waals surface area (Å²) in [5, 5.41) is 10.6. The second kappa shape index (κ2) is 7.52. The third-order valence-corrected chi connectivity index (χ3v) is 3.38. The summed E-state index contributed by atoms with van der Waals surface area (Å²) in [5.74, 6) is -0.0150. The molecule has 0 saturated heterocycles. The van der Waals surface area contributed by atoms with Gasteiger partial charge < -0.3 is 19.7 Å². The van der Waals surface area contributed by atoms with Gasteiger partial charge in [0, 0.05) is 14.1 Å². The molecule has 0 spiro atoms. The summed E-state index contributed by atoms with van der Waals surface area (Å²) < 4.78 is 10.7. The zero-order valence-corrected chi connectivity index (χ0v) is 14.7. The van der Waals surface area contributed by atoms with Gasteiger partial charge in [-0.15, -0.1) is 0 Å². The van der Waals surface area contributed by atoms with Crippen LogP contribution in [-0.2, 0) is 9.47 Å². The van der Waals surface area contributed by atoms with Crippen molar-refractivity contribution in [2.45, 2.75) is 39.3 Å². The lowest BCUT2D eigenvalue weighted by Gasteiger charge is -2.30. The fourth-order valence-corrected chi connectivity index (χ4v) is 2.09. The van der Waals surface area contributed by atoms with E-state index < -0.39 is 11.7 Å². The standard InChI is InChI=1S/C13H24BrN3O3/c1-8(10(16-5)9(14)11(15)19-7)17(6)12(18)20-13(2,3)4/h8,15-16H,1-7H3/b10-9+,15-11?. The Balaban J connectivity index is 5.16. The van der Waals surface area contributed by atoms with Gasteiger partial charge in [0.25, 0.3) is 0 Å². The predicted octanol–water partition coefficient (Wildman–Crippen LogP) is 2.69. The molecule has 0 aliphatic heterocycles. The van der Waals surface area contributed by atoms with Gasteiger partial charge in [0.05, 0.1) is 18.8 Å². The Morgan fingerprint density at radius 1 is 1.40 bits per heavy atom. The summed E-state index contributed by atoms with van der Waals surface area (Å²) >= 11 is 3.30. The van der Waals surface area contributed by atoms with E-state index in [9.17, 15) is 4.79 Å². The van der Waals surface area contributed by atoms with Crippen molar-refractivity contribution in [3.05, 3.63) is 10.2 Å². The highest BCUT2D eigenvalue weighted by Gasteiger charge is 2.26. The van der Waals surface area contributed by atoms with E-state index in [0.717, 1.165) is 0 Å². The van der Waals surface area contributed by atoms with E-state index in [1.165, 1.54) is 12.0 Å². The number of likely N-dealkylation sites (N-methyl/N-ethyl adjacent to an activating group) is 2. The van der Waals surface area contributed by atoms with E-state index in [1.807, 2.05) is 27.7 Å². The number of carbonyl (C=O) groups excluding carboxylic acids is 1. The van der Waals surface area contributed by atoms with Gasteiger partial charge in [0.15, 0.2) is 0 Å². The number of halogens is 1. The van der Waals surface area contributed by atoms with Crippen molar-refractivity contribution in [1.29, 1.82) is 5.41 Å². The second-order valence-electron chi connectivity index (χ2n) is 5.28. The molecule has 0 aliphatic rings. The van der Waals surface area contributed by atoms with Gasteiger partial charge in [-0.3, -0.25) is 5.41 Å². The quantitative estimate of drug-likeness (QED) is 0.604. The first-order valence-corrected chi connectivity index (χ1v) is 7.00. The third kappa shape index (κ3) is 5.40. The van der Waals surface area contributed by atoms with E-state index in [-0.39, 0.29) is 11.9 Å². The average molecular weight is 350 g/mol. The number of amides is 1. The van der Waals surface area contributed by atoms with Gasteiger partial charge in [-0.25, -0.2) is 4.79 Å². The molecule has 0 fully saturated rings. The molecule has 0 aromatic heterocycles. The second-order valence-corrected chi connectivity index (χ2v) is 6.07. The molecule has 0 aromatic carbocycles. The molecule has 0 bridgehead atoms. The minimum atomic E-state index is -0.551. The fourth-order valence-electron chi connectivity index (χ4n) is 1.40. The van der Waals surface area contributed by atoms with Crippen LogP contribution in [0, 0.1) is 5.41 Å². The van der Waals surface area contributed by atoms with Crippen LogP contribution in [0.15, 0.2) is 10.2 Å². The molecule has 1 unspecified atom stereocenters. The van der Waals surface area contributed by atoms with Crippen molar-refractivity contribution in [3.8, 4) is 0 Å². The Labute approximate surface area is 129 Å². The van der Waals surface area contributed by atoms with Crippen LogP contribution in [0.5, 0.6) is 0 Å². The highest BCUT2D eigenvalue weighted by Crippen LogP contribution is 2.19. The number of methoxy groups -OCH3 is 1. The van der Waals surface area contributed by atoms with Gasteiger partial charge >= 0.3 is 6.09 Å². The SMILES string of the molecule is CN/C(=C(/Br)C(=N)OC)C(C)N(C)C(=O)OC(C)(C)C. The molecule has 2 N–H and O–H groups in total. The molecule has 0 radical (unpaired) electrons. The van der Waals surface area contributed by atoms with Crippen molar-refractivity contribution >= 4 is 27.9 Å². The molecule has 0 aliphatic carbocycles. The Kier molecular flexibility index (Phi) is 7.05. The maximum absolute atomic E-state index is 12.0. The van der Waals surface area contributed by atoms with E-state index >= 15 is 0 Å². The van der Waals surface area contributed by atoms with Gasteiger partial charge in [-0.1, -0.05) is 0 Å². The zero-order chi connectivity index (χ0) is 16.1. The van der Waals surface area contributed by atoms with E-state index in [0.29, 0.717) is 10.2 Å². The summed E-state index contributed by atoms with van der Waals surface area (Å²) in [6.07, 6.45) is -0.429. The Bertz CT molecular complexity index is 402. The largest absolute Gasteiger partial charge is 0.481 e. The van der Waals surface area contributed by atoms with Crippen LogP contribution in [0.3, 0.4) is 0 Å². The van der Waals surface area contributed by atoms with Gasteiger partial charge in [0.2, 0.25) is 5.90 Å². The van der Waals surface area contributed by atoms with Crippen molar-refractivity contribution in [1.82, 2.24) is 10.2 Å². The lowest BCUT2D eigenvalue weighted by atomic mass is 10.2. The first-order chi connectivity index (χ1) is 9.05. The molecular weight excluding hydrogens is 326 g/mol. The van der Waals surface area contributed by atoms with Crippen molar-refractivity contribution in [3.63, 3.8) is 0 Å². The summed E-state index contributed by atoms with van der Waals surface area (Å²) in [6, 6.07) is -0.306. The first-order valence-electron chi connectivity index (χ1n) is 6.21. The molecular formula is C13H24BrN3O3.